The third-order valence-electron chi connectivity index (χ3n) is 4.30. The van der Waals surface area contributed by atoms with E-state index in [9.17, 15) is 4.79 Å². The van der Waals surface area contributed by atoms with E-state index in [0.717, 1.165) is 0 Å². The van der Waals surface area contributed by atoms with Gasteiger partial charge in [0, 0.05) is 17.3 Å². The molecule has 0 radical (unpaired) electrons. The summed E-state index contributed by atoms with van der Waals surface area (Å²) in [5.41, 5.74) is 1.52. The molecule has 1 N–H and O–H groups in total. The minimum atomic E-state index is -0.696. The van der Waals surface area contributed by atoms with Crippen LogP contribution in [0.5, 0.6) is 17.2 Å². The lowest BCUT2D eigenvalue weighted by molar-refractivity contribution is -0.138. The number of carbonyl (C=O) groups is 1. The number of fused-ring (bicyclic) bond motifs is 1. The lowest BCUT2D eigenvalue weighted by atomic mass is 9.94. The quantitative estimate of drug-likeness (QED) is 0.561. The van der Waals surface area contributed by atoms with Crippen LogP contribution >= 0.6 is 0 Å². The Bertz CT molecular complexity index is 936. The second-order valence-electron chi connectivity index (χ2n) is 5.85. The van der Waals surface area contributed by atoms with Crippen molar-refractivity contribution in [3.05, 3.63) is 41.6 Å². The van der Waals surface area contributed by atoms with E-state index < -0.39 is 12.0 Å². The molecule has 3 rings (SSSR count). The third kappa shape index (κ3) is 3.24. The molecule has 0 saturated heterocycles. The summed E-state index contributed by atoms with van der Waals surface area (Å²) < 4.78 is 23.1. The van der Waals surface area contributed by atoms with Crippen molar-refractivity contribution in [3.8, 4) is 17.2 Å². The number of aromatic nitrogens is 4. The minimum Gasteiger partial charge on any atom is -0.496 e. The van der Waals surface area contributed by atoms with Crippen molar-refractivity contribution in [2.24, 2.45) is 0 Å². The monoisotopic (exact) mass is 387 g/mol. The maximum absolute atomic E-state index is 12.8. The third-order valence-corrected chi connectivity index (χ3v) is 4.30. The van der Waals surface area contributed by atoms with Crippen molar-refractivity contribution in [2.75, 3.05) is 33.3 Å². The van der Waals surface area contributed by atoms with Gasteiger partial charge in [0.1, 0.15) is 18.4 Å². The number of hydrogen-bond acceptors (Lipinski definition) is 9. The van der Waals surface area contributed by atoms with E-state index in [0.29, 0.717) is 40.0 Å². The van der Waals surface area contributed by atoms with Crippen molar-refractivity contribution < 1.29 is 23.7 Å². The normalized spacial score (nSPS) is 15.4. The first-order valence-electron chi connectivity index (χ1n) is 8.39. The Hall–Kier alpha value is -3.56. The molecule has 0 aliphatic carbocycles. The molecular formula is C18H21N5O5. The number of esters is 1. The van der Waals surface area contributed by atoms with Gasteiger partial charge >= 0.3 is 5.97 Å². The molecule has 0 fully saturated rings. The van der Waals surface area contributed by atoms with Crippen LogP contribution in [-0.2, 0) is 9.53 Å². The molecule has 28 heavy (non-hydrogen) atoms. The second kappa shape index (κ2) is 7.99. The van der Waals surface area contributed by atoms with Crippen LogP contribution in [0.25, 0.3) is 0 Å². The van der Waals surface area contributed by atoms with Gasteiger partial charge in [-0.15, -0.1) is 0 Å². The van der Waals surface area contributed by atoms with Gasteiger partial charge in [-0.1, -0.05) is 17.8 Å². The van der Waals surface area contributed by atoms with Crippen LogP contribution in [0.2, 0.25) is 0 Å². The molecule has 148 valence electrons. The molecule has 1 aromatic heterocycles. The predicted octanol–water partition coefficient (Wildman–Crippen LogP) is 1.72. The number of anilines is 1. The Morgan fingerprint density at radius 2 is 1.89 bits per heavy atom. The van der Waals surface area contributed by atoms with Crippen molar-refractivity contribution in [1.29, 1.82) is 0 Å². The number of ether oxygens (including phenoxy) is 4. The van der Waals surface area contributed by atoms with E-state index >= 15 is 0 Å². The van der Waals surface area contributed by atoms with Crippen LogP contribution in [0.3, 0.4) is 0 Å². The van der Waals surface area contributed by atoms with Gasteiger partial charge in [0.25, 0.3) is 0 Å². The Balaban J connectivity index is 2.21. The van der Waals surface area contributed by atoms with Gasteiger partial charge in [-0.25, -0.2) is 4.79 Å². The van der Waals surface area contributed by atoms with E-state index in [2.05, 4.69) is 27.4 Å². The zero-order chi connectivity index (χ0) is 20.3. The first kappa shape index (κ1) is 19.2. The number of hydrogen-bond donors (Lipinski definition) is 1. The molecule has 10 nitrogen and oxygen atoms in total. The maximum atomic E-state index is 12.8. The molecule has 0 spiro atoms. The van der Waals surface area contributed by atoms with Crippen molar-refractivity contribution in [2.45, 2.75) is 13.0 Å². The largest absolute Gasteiger partial charge is 0.496 e. The van der Waals surface area contributed by atoms with Gasteiger partial charge in [-0.2, -0.15) is 4.68 Å². The zero-order valence-electron chi connectivity index (χ0n) is 16.1. The molecule has 0 saturated carbocycles. The highest BCUT2D eigenvalue weighted by Gasteiger charge is 2.37. The van der Waals surface area contributed by atoms with Gasteiger partial charge in [-0.05, 0) is 23.4 Å². The van der Waals surface area contributed by atoms with Gasteiger partial charge < -0.3 is 24.3 Å². The van der Waals surface area contributed by atoms with Gasteiger partial charge in [0.15, 0.2) is 11.5 Å². The fraction of sp³-hybridized carbons (Fsp3) is 0.333. The van der Waals surface area contributed by atoms with Crippen LogP contribution in [0.4, 0.5) is 5.95 Å². The number of methoxy groups -OCH3 is 3. The van der Waals surface area contributed by atoms with Crippen LogP contribution in [0, 0.1) is 0 Å². The summed E-state index contributed by atoms with van der Waals surface area (Å²) in [7, 11) is 4.58. The topological polar surface area (TPSA) is 110 Å². The Morgan fingerprint density at radius 3 is 2.54 bits per heavy atom. The van der Waals surface area contributed by atoms with Crippen LogP contribution in [0.1, 0.15) is 18.5 Å². The van der Waals surface area contributed by atoms with Gasteiger partial charge in [0.2, 0.25) is 5.95 Å². The molecule has 1 aliphatic heterocycles. The summed E-state index contributed by atoms with van der Waals surface area (Å²) in [5, 5.41) is 14.7. The van der Waals surface area contributed by atoms with E-state index in [-0.39, 0.29) is 6.61 Å². The summed E-state index contributed by atoms with van der Waals surface area (Å²) in [6, 6.07) is 2.72. The lowest BCUT2D eigenvalue weighted by Crippen LogP contribution is -2.30. The number of nitrogens with one attached hydrogen (secondary N) is 1. The van der Waals surface area contributed by atoms with Crippen molar-refractivity contribution in [3.63, 3.8) is 0 Å². The average molecular weight is 387 g/mol. The highest BCUT2D eigenvalue weighted by atomic mass is 16.5. The standard InChI is InChI=1S/C18H21N5O5/c1-6-7-28-17(24)15-10(2)19-18-20-21-22-23(18)16(15)11-8-13(26-4)14(27-5)9-12(11)25-3/h6,8-9,16H,1,7H2,2-5H3,(H,19,20,22). The number of benzene rings is 1. The summed E-state index contributed by atoms with van der Waals surface area (Å²) in [6.45, 7) is 5.40. The number of tetrazole rings is 1. The van der Waals surface area contributed by atoms with E-state index in [1.165, 1.54) is 32.1 Å². The molecule has 2 heterocycles. The molecule has 1 aromatic carbocycles. The Morgan fingerprint density at radius 1 is 1.21 bits per heavy atom. The number of nitrogens with zero attached hydrogens (tertiary/aromatic N) is 4. The summed E-state index contributed by atoms with van der Waals surface area (Å²) in [5.74, 6) is 1.31. The summed E-state index contributed by atoms with van der Waals surface area (Å²) >= 11 is 0. The second-order valence-corrected chi connectivity index (χ2v) is 5.85. The van der Waals surface area contributed by atoms with Crippen LogP contribution in [0.15, 0.2) is 36.1 Å². The molecule has 0 amide bonds. The lowest BCUT2D eigenvalue weighted by Gasteiger charge is -2.28. The maximum Gasteiger partial charge on any atom is 0.338 e. The fourth-order valence-electron chi connectivity index (χ4n) is 3.04. The minimum absolute atomic E-state index is 0.0772. The molecule has 10 heteroatoms. The predicted molar refractivity (Wildman–Crippen MR) is 99.5 cm³/mol. The first-order chi connectivity index (χ1) is 13.5. The van der Waals surface area contributed by atoms with E-state index in [1.807, 2.05) is 0 Å². The molecular weight excluding hydrogens is 366 g/mol. The summed E-state index contributed by atoms with van der Waals surface area (Å²) in [4.78, 5) is 12.8. The zero-order valence-corrected chi connectivity index (χ0v) is 16.1. The van der Waals surface area contributed by atoms with Crippen molar-refractivity contribution in [1.82, 2.24) is 20.2 Å². The highest BCUT2D eigenvalue weighted by molar-refractivity contribution is 5.92. The van der Waals surface area contributed by atoms with Crippen molar-refractivity contribution >= 4 is 11.9 Å². The highest BCUT2D eigenvalue weighted by Crippen LogP contribution is 2.43. The molecule has 2 aromatic rings. The smallest absolute Gasteiger partial charge is 0.338 e. The van der Waals surface area contributed by atoms with Crippen LogP contribution < -0.4 is 19.5 Å². The van der Waals surface area contributed by atoms with E-state index in [4.69, 9.17) is 18.9 Å². The molecule has 0 bridgehead atoms. The number of allylic oxidation sites excluding steroid dienone is 1. The molecule has 1 aliphatic rings. The Labute approximate surface area is 161 Å². The van der Waals surface area contributed by atoms with Crippen LogP contribution in [-0.4, -0.2) is 54.1 Å². The number of carbonyl (C=O) groups excluding carboxylic acids is 1. The average Bonchev–Trinajstić information content (AvgIpc) is 3.17. The molecule has 1 unspecified atom stereocenters. The van der Waals surface area contributed by atoms with E-state index in [1.54, 1.807) is 19.1 Å². The number of rotatable bonds is 7. The SMILES string of the molecule is C=CCOC(=O)C1=C(C)Nc2nnnn2C1c1cc(OC)c(OC)cc1OC. The van der Waals surface area contributed by atoms with Gasteiger partial charge in [0.05, 0.1) is 26.9 Å². The fourth-order valence-corrected chi connectivity index (χ4v) is 3.04. The Kier molecular flexibility index (Phi) is 5.48. The van der Waals surface area contributed by atoms with Gasteiger partial charge in [-0.3, -0.25) is 0 Å². The first-order valence-corrected chi connectivity index (χ1v) is 8.39. The molecule has 1 atom stereocenters. The summed E-state index contributed by atoms with van der Waals surface area (Å²) in [6.07, 6.45) is 1.50.